The Morgan fingerprint density at radius 1 is 1.00 bits per heavy atom. The third-order valence-electron chi connectivity index (χ3n) is 4.72. The van der Waals surface area contributed by atoms with E-state index in [0.717, 1.165) is 29.5 Å². The molecule has 1 amide bonds. The van der Waals surface area contributed by atoms with Crippen molar-refractivity contribution in [3.05, 3.63) is 75.7 Å². The smallest absolute Gasteiger partial charge is 0.269 e. The van der Waals surface area contributed by atoms with Gasteiger partial charge in [0.2, 0.25) is 0 Å². The first-order valence-corrected chi connectivity index (χ1v) is 9.79. The third kappa shape index (κ3) is 3.72. The molecule has 2 aromatic carbocycles. The van der Waals surface area contributed by atoms with Gasteiger partial charge in [0, 0.05) is 54.8 Å². The fourth-order valence-corrected chi connectivity index (χ4v) is 4.05. The second kappa shape index (κ2) is 7.77. The van der Waals surface area contributed by atoms with Crippen LogP contribution in [0.4, 0.5) is 10.8 Å². The molecule has 28 heavy (non-hydrogen) atoms. The lowest BCUT2D eigenvalue weighted by Crippen LogP contribution is -2.48. The van der Waals surface area contributed by atoms with Crippen LogP contribution in [-0.4, -0.2) is 46.9 Å². The Labute approximate surface area is 166 Å². The number of non-ortho nitro benzene ring substituents is 1. The van der Waals surface area contributed by atoms with Crippen LogP contribution in [0, 0.1) is 10.1 Å². The van der Waals surface area contributed by atoms with Crippen molar-refractivity contribution in [2.75, 3.05) is 31.1 Å². The SMILES string of the molecule is O=C(c1ccccc1)N1CCN(c2nc(-c3ccc([N+](=O)[O-])cc3)cs2)CC1. The van der Waals surface area contributed by atoms with Crippen LogP contribution in [-0.2, 0) is 0 Å². The number of benzene rings is 2. The van der Waals surface area contributed by atoms with Gasteiger partial charge in [0.1, 0.15) is 0 Å². The zero-order chi connectivity index (χ0) is 19.5. The quantitative estimate of drug-likeness (QED) is 0.498. The van der Waals surface area contributed by atoms with Crippen molar-refractivity contribution < 1.29 is 9.72 Å². The van der Waals surface area contributed by atoms with E-state index in [-0.39, 0.29) is 11.6 Å². The average Bonchev–Trinajstić information content (AvgIpc) is 3.24. The molecule has 1 aliphatic heterocycles. The van der Waals surface area contributed by atoms with E-state index < -0.39 is 4.92 Å². The number of carbonyl (C=O) groups excluding carboxylic acids is 1. The van der Waals surface area contributed by atoms with Crippen LogP contribution < -0.4 is 4.90 Å². The third-order valence-corrected chi connectivity index (χ3v) is 5.63. The van der Waals surface area contributed by atoms with E-state index in [4.69, 9.17) is 0 Å². The first-order chi connectivity index (χ1) is 13.6. The number of piperazine rings is 1. The minimum Gasteiger partial charge on any atom is -0.345 e. The maximum atomic E-state index is 12.6. The van der Waals surface area contributed by atoms with Crippen LogP contribution in [0.3, 0.4) is 0 Å². The fraction of sp³-hybridized carbons (Fsp3) is 0.200. The Kier molecular flexibility index (Phi) is 5.03. The molecule has 0 spiro atoms. The number of anilines is 1. The van der Waals surface area contributed by atoms with Gasteiger partial charge in [-0.05, 0) is 24.3 Å². The molecule has 1 saturated heterocycles. The van der Waals surface area contributed by atoms with Gasteiger partial charge in [-0.2, -0.15) is 0 Å². The number of thiazole rings is 1. The number of aromatic nitrogens is 1. The van der Waals surface area contributed by atoms with Crippen molar-refractivity contribution in [3.63, 3.8) is 0 Å². The molecule has 0 bridgehead atoms. The minimum absolute atomic E-state index is 0.0611. The summed E-state index contributed by atoms with van der Waals surface area (Å²) in [6.45, 7) is 2.76. The van der Waals surface area contributed by atoms with Crippen LogP contribution in [0.25, 0.3) is 11.3 Å². The topological polar surface area (TPSA) is 79.6 Å². The molecule has 3 aromatic rings. The number of hydrogen-bond donors (Lipinski definition) is 0. The highest BCUT2D eigenvalue weighted by Crippen LogP contribution is 2.29. The van der Waals surface area contributed by atoms with Gasteiger partial charge in [-0.15, -0.1) is 11.3 Å². The summed E-state index contributed by atoms with van der Waals surface area (Å²) in [5.41, 5.74) is 2.44. The van der Waals surface area contributed by atoms with Gasteiger partial charge in [0.25, 0.3) is 11.6 Å². The molecule has 8 heteroatoms. The molecule has 0 radical (unpaired) electrons. The maximum Gasteiger partial charge on any atom is 0.269 e. The van der Waals surface area contributed by atoms with Gasteiger partial charge in [-0.1, -0.05) is 18.2 Å². The van der Waals surface area contributed by atoms with Crippen molar-refractivity contribution in [2.24, 2.45) is 0 Å². The van der Waals surface area contributed by atoms with E-state index >= 15 is 0 Å². The zero-order valence-electron chi connectivity index (χ0n) is 15.0. The molecule has 0 aliphatic carbocycles. The van der Waals surface area contributed by atoms with Gasteiger partial charge in [-0.25, -0.2) is 4.98 Å². The normalized spacial score (nSPS) is 14.1. The lowest BCUT2D eigenvalue weighted by atomic mass is 10.1. The molecule has 1 fully saturated rings. The van der Waals surface area contributed by atoms with Crippen LogP contribution >= 0.6 is 11.3 Å². The van der Waals surface area contributed by atoms with Gasteiger partial charge >= 0.3 is 0 Å². The monoisotopic (exact) mass is 394 g/mol. The van der Waals surface area contributed by atoms with Gasteiger partial charge in [-0.3, -0.25) is 14.9 Å². The Hall–Kier alpha value is -3.26. The summed E-state index contributed by atoms with van der Waals surface area (Å²) in [5, 5.41) is 13.6. The van der Waals surface area contributed by atoms with Gasteiger partial charge in [0.15, 0.2) is 5.13 Å². The first kappa shape index (κ1) is 18.1. The van der Waals surface area contributed by atoms with E-state index in [9.17, 15) is 14.9 Å². The minimum atomic E-state index is -0.410. The Morgan fingerprint density at radius 3 is 2.32 bits per heavy atom. The highest BCUT2D eigenvalue weighted by atomic mass is 32.1. The summed E-state index contributed by atoms with van der Waals surface area (Å²) < 4.78 is 0. The lowest BCUT2D eigenvalue weighted by molar-refractivity contribution is -0.384. The summed E-state index contributed by atoms with van der Waals surface area (Å²) in [7, 11) is 0. The summed E-state index contributed by atoms with van der Waals surface area (Å²) >= 11 is 1.54. The summed E-state index contributed by atoms with van der Waals surface area (Å²) in [6, 6.07) is 15.7. The number of amides is 1. The van der Waals surface area contributed by atoms with Gasteiger partial charge in [0.05, 0.1) is 10.6 Å². The predicted molar refractivity (Wildman–Crippen MR) is 109 cm³/mol. The van der Waals surface area contributed by atoms with E-state index in [1.54, 1.807) is 23.5 Å². The molecule has 1 aromatic heterocycles. The van der Waals surface area contributed by atoms with Crippen molar-refractivity contribution in [1.29, 1.82) is 0 Å². The molecule has 0 N–H and O–H groups in total. The second-order valence-corrected chi connectivity index (χ2v) is 7.30. The van der Waals surface area contributed by atoms with Gasteiger partial charge < -0.3 is 9.80 Å². The molecule has 0 saturated carbocycles. The molecule has 0 atom stereocenters. The van der Waals surface area contributed by atoms with Crippen LogP contribution in [0.15, 0.2) is 60.0 Å². The van der Waals surface area contributed by atoms with Crippen LogP contribution in [0.5, 0.6) is 0 Å². The zero-order valence-corrected chi connectivity index (χ0v) is 15.8. The van der Waals surface area contributed by atoms with Crippen molar-refractivity contribution in [2.45, 2.75) is 0 Å². The Balaban J connectivity index is 1.40. The van der Waals surface area contributed by atoms with Crippen LogP contribution in [0.2, 0.25) is 0 Å². The summed E-state index contributed by atoms with van der Waals surface area (Å²) in [5.74, 6) is 0.0611. The molecule has 2 heterocycles. The molecular formula is C20H18N4O3S. The van der Waals surface area contributed by atoms with E-state index in [1.165, 1.54) is 12.1 Å². The molecule has 7 nitrogen and oxygen atoms in total. The Morgan fingerprint density at radius 2 is 1.68 bits per heavy atom. The average molecular weight is 394 g/mol. The number of carbonyl (C=O) groups is 1. The molecule has 1 aliphatic rings. The highest BCUT2D eigenvalue weighted by molar-refractivity contribution is 7.14. The summed E-state index contributed by atoms with van der Waals surface area (Å²) in [6.07, 6.45) is 0. The Bertz CT molecular complexity index is 980. The van der Waals surface area contributed by atoms with Crippen LogP contribution in [0.1, 0.15) is 10.4 Å². The number of hydrogen-bond acceptors (Lipinski definition) is 6. The lowest BCUT2D eigenvalue weighted by Gasteiger charge is -2.34. The van der Waals surface area contributed by atoms with Crippen molar-refractivity contribution >= 4 is 28.1 Å². The fourth-order valence-electron chi connectivity index (χ4n) is 3.16. The summed E-state index contributed by atoms with van der Waals surface area (Å²) in [4.78, 5) is 31.6. The number of nitrogens with zero attached hydrogens (tertiary/aromatic N) is 4. The second-order valence-electron chi connectivity index (χ2n) is 6.46. The van der Waals surface area contributed by atoms with E-state index in [2.05, 4.69) is 9.88 Å². The largest absolute Gasteiger partial charge is 0.345 e. The van der Waals surface area contributed by atoms with Crippen molar-refractivity contribution in [3.8, 4) is 11.3 Å². The molecule has 142 valence electrons. The standard InChI is InChI=1S/C20H18N4O3S/c25-19(16-4-2-1-3-5-16)22-10-12-23(13-11-22)20-21-18(14-28-20)15-6-8-17(9-7-15)24(26)27/h1-9,14H,10-13H2. The molecule has 0 unspecified atom stereocenters. The number of nitro benzene ring substituents is 1. The maximum absolute atomic E-state index is 12.6. The van der Waals surface area contributed by atoms with E-state index in [1.807, 2.05) is 40.6 Å². The predicted octanol–water partition coefficient (Wildman–Crippen LogP) is 3.68. The highest BCUT2D eigenvalue weighted by Gasteiger charge is 2.23. The molecule has 4 rings (SSSR count). The number of nitro groups is 1. The van der Waals surface area contributed by atoms with E-state index in [0.29, 0.717) is 18.7 Å². The van der Waals surface area contributed by atoms with Crippen molar-refractivity contribution in [1.82, 2.24) is 9.88 Å². The number of rotatable bonds is 4. The first-order valence-electron chi connectivity index (χ1n) is 8.91. The molecular weight excluding hydrogens is 376 g/mol.